The Morgan fingerprint density at radius 2 is 1.79 bits per heavy atom. The number of nitrogens with one attached hydrogen (secondary N) is 1. The quantitative estimate of drug-likeness (QED) is 0.754. The lowest BCUT2D eigenvalue weighted by Gasteiger charge is -2.17. The summed E-state index contributed by atoms with van der Waals surface area (Å²) in [6.07, 6.45) is 0.847. The normalized spacial score (nSPS) is 16.0. The average Bonchev–Trinajstić information content (AvgIpc) is 3.11. The summed E-state index contributed by atoms with van der Waals surface area (Å²) in [6.45, 7) is 1.47. The number of ether oxygens (including phenoxy) is 1. The van der Waals surface area contributed by atoms with E-state index in [2.05, 4.69) is 0 Å². The van der Waals surface area contributed by atoms with Gasteiger partial charge in [0.2, 0.25) is 5.91 Å². The third-order valence-corrected chi connectivity index (χ3v) is 4.69. The lowest BCUT2D eigenvalue weighted by atomic mass is 10.1. The largest absolute Gasteiger partial charge is 0.455 e. The number of aryl methyl sites for hydroxylation is 1. The maximum Gasteiger partial charge on any atom is 0.311 e. The van der Waals surface area contributed by atoms with E-state index < -0.39 is 41.7 Å². The number of hydrogen-bond donors (Lipinski definition) is 1. The zero-order valence-corrected chi connectivity index (χ0v) is 15.8. The minimum atomic E-state index is -0.934. The number of para-hydroxylation sites is 1. The Kier molecular flexibility index (Phi) is 6.21. The summed E-state index contributed by atoms with van der Waals surface area (Å²) in [7, 11) is 0. The molecule has 1 heterocycles. The summed E-state index contributed by atoms with van der Waals surface area (Å²) in [5.41, 5.74) is 1.22. The maximum atomic E-state index is 13.5. The SMILES string of the molecule is CCc1ccc(N2C[C@@H](C(=O)OCC(=O)Nc3c(F)cccc3F)CC2=O)cc1. The Labute approximate surface area is 166 Å². The second-order valence-corrected chi connectivity index (χ2v) is 6.68. The molecule has 1 fully saturated rings. The number of hydrogen-bond acceptors (Lipinski definition) is 4. The molecule has 1 saturated heterocycles. The van der Waals surface area contributed by atoms with E-state index >= 15 is 0 Å². The van der Waals surface area contributed by atoms with E-state index in [0.29, 0.717) is 5.69 Å². The summed E-state index contributed by atoms with van der Waals surface area (Å²) in [4.78, 5) is 37.8. The highest BCUT2D eigenvalue weighted by Crippen LogP contribution is 2.26. The van der Waals surface area contributed by atoms with Crippen molar-refractivity contribution in [2.45, 2.75) is 19.8 Å². The lowest BCUT2D eigenvalue weighted by Crippen LogP contribution is -2.28. The molecule has 0 spiro atoms. The van der Waals surface area contributed by atoms with Gasteiger partial charge in [0.15, 0.2) is 6.61 Å². The molecule has 0 saturated carbocycles. The molecule has 2 amide bonds. The third-order valence-electron chi connectivity index (χ3n) is 4.69. The van der Waals surface area contributed by atoms with Gasteiger partial charge in [-0.05, 0) is 36.2 Å². The van der Waals surface area contributed by atoms with Crippen molar-refractivity contribution in [2.75, 3.05) is 23.4 Å². The first-order valence-corrected chi connectivity index (χ1v) is 9.18. The van der Waals surface area contributed by atoms with Crippen LogP contribution in [-0.4, -0.2) is 30.9 Å². The Bertz CT molecular complexity index is 911. The fourth-order valence-corrected chi connectivity index (χ4v) is 3.07. The van der Waals surface area contributed by atoms with Gasteiger partial charge in [-0.15, -0.1) is 0 Å². The molecular weight excluding hydrogens is 382 g/mol. The molecule has 0 bridgehead atoms. The van der Waals surface area contributed by atoms with Crippen LogP contribution in [0.2, 0.25) is 0 Å². The predicted molar refractivity (Wildman–Crippen MR) is 102 cm³/mol. The molecule has 152 valence electrons. The first-order chi connectivity index (χ1) is 13.9. The smallest absolute Gasteiger partial charge is 0.311 e. The van der Waals surface area contributed by atoms with Gasteiger partial charge in [-0.1, -0.05) is 25.1 Å². The first-order valence-electron chi connectivity index (χ1n) is 9.18. The Balaban J connectivity index is 1.54. The van der Waals surface area contributed by atoms with Gasteiger partial charge >= 0.3 is 5.97 Å². The molecule has 2 aromatic rings. The van der Waals surface area contributed by atoms with Gasteiger partial charge in [0.05, 0.1) is 5.92 Å². The Hall–Kier alpha value is -3.29. The third kappa shape index (κ3) is 4.77. The zero-order valence-electron chi connectivity index (χ0n) is 15.8. The summed E-state index contributed by atoms with van der Waals surface area (Å²) >= 11 is 0. The van der Waals surface area contributed by atoms with E-state index in [4.69, 9.17) is 4.74 Å². The molecule has 29 heavy (non-hydrogen) atoms. The van der Waals surface area contributed by atoms with E-state index in [0.717, 1.165) is 24.1 Å². The van der Waals surface area contributed by atoms with E-state index in [1.807, 2.05) is 36.5 Å². The highest BCUT2D eigenvalue weighted by Gasteiger charge is 2.36. The Morgan fingerprint density at radius 3 is 2.41 bits per heavy atom. The minimum absolute atomic E-state index is 0.0298. The predicted octanol–water partition coefficient (Wildman–Crippen LogP) is 3.06. The molecule has 2 aromatic carbocycles. The molecule has 0 unspecified atom stereocenters. The Morgan fingerprint density at radius 1 is 1.14 bits per heavy atom. The van der Waals surface area contributed by atoms with Crippen LogP contribution in [0.1, 0.15) is 18.9 Å². The maximum absolute atomic E-state index is 13.5. The van der Waals surface area contributed by atoms with Crippen molar-refractivity contribution in [3.05, 3.63) is 59.7 Å². The van der Waals surface area contributed by atoms with Crippen molar-refractivity contribution in [2.24, 2.45) is 5.92 Å². The number of benzene rings is 2. The monoisotopic (exact) mass is 402 g/mol. The molecule has 6 nitrogen and oxygen atoms in total. The number of nitrogens with zero attached hydrogens (tertiary/aromatic N) is 1. The number of carbonyl (C=O) groups excluding carboxylic acids is 3. The average molecular weight is 402 g/mol. The minimum Gasteiger partial charge on any atom is -0.455 e. The second kappa shape index (κ2) is 8.81. The molecule has 1 N–H and O–H groups in total. The van der Waals surface area contributed by atoms with Crippen LogP contribution in [0.15, 0.2) is 42.5 Å². The van der Waals surface area contributed by atoms with Crippen LogP contribution in [0.25, 0.3) is 0 Å². The molecule has 0 radical (unpaired) electrons. The summed E-state index contributed by atoms with van der Waals surface area (Å²) in [5, 5.41) is 2.04. The number of rotatable bonds is 6. The molecule has 1 aliphatic heterocycles. The highest BCUT2D eigenvalue weighted by molar-refractivity contribution is 6.00. The number of esters is 1. The van der Waals surface area contributed by atoms with Crippen molar-refractivity contribution < 1.29 is 27.9 Å². The topological polar surface area (TPSA) is 75.7 Å². The van der Waals surface area contributed by atoms with Crippen molar-refractivity contribution >= 4 is 29.2 Å². The molecule has 0 aliphatic carbocycles. The van der Waals surface area contributed by atoms with Crippen molar-refractivity contribution in [3.8, 4) is 0 Å². The van der Waals surface area contributed by atoms with Gasteiger partial charge in [0, 0.05) is 18.7 Å². The van der Waals surface area contributed by atoms with Gasteiger partial charge in [-0.25, -0.2) is 8.78 Å². The molecular formula is C21H20F2N2O4. The molecule has 0 aromatic heterocycles. The number of carbonyl (C=O) groups is 3. The molecule has 1 aliphatic rings. The van der Waals surface area contributed by atoms with E-state index in [9.17, 15) is 23.2 Å². The molecule has 3 rings (SSSR count). The standard InChI is InChI=1S/C21H20F2N2O4/c1-2-13-6-8-15(9-7-13)25-11-14(10-19(25)27)21(28)29-12-18(26)24-20-16(22)4-3-5-17(20)23/h3-9,14H,2,10-12H2,1H3,(H,24,26)/t14-/m0/s1. The summed E-state index contributed by atoms with van der Waals surface area (Å²) < 4.78 is 32.0. The number of anilines is 2. The van der Waals surface area contributed by atoms with Gasteiger partial charge in [0.25, 0.3) is 5.91 Å². The summed E-state index contributed by atoms with van der Waals surface area (Å²) in [6, 6.07) is 10.6. The van der Waals surface area contributed by atoms with Crippen LogP contribution in [0, 0.1) is 17.6 Å². The molecule has 8 heteroatoms. The number of amides is 2. The first kappa shape index (κ1) is 20.4. The van der Waals surface area contributed by atoms with Crippen LogP contribution in [-0.2, 0) is 25.5 Å². The van der Waals surface area contributed by atoms with Crippen LogP contribution in [0.3, 0.4) is 0 Å². The van der Waals surface area contributed by atoms with Crippen LogP contribution in [0.5, 0.6) is 0 Å². The van der Waals surface area contributed by atoms with Crippen molar-refractivity contribution in [1.29, 1.82) is 0 Å². The van der Waals surface area contributed by atoms with Crippen LogP contribution < -0.4 is 10.2 Å². The van der Waals surface area contributed by atoms with Crippen LogP contribution >= 0.6 is 0 Å². The van der Waals surface area contributed by atoms with E-state index in [-0.39, 0.29) is 18.9 Å². The van der Waals surface area contributed by atoms with Crippen molar-refractivity contribution in [1.82, 2.24) is 0 Å². The fourth-order valence-electron chi connectivity index (χ4n) is 3.07. The van der Waals surface area contributed by atoms with Gasteiger partial charge in [-0.2, -0.15) is 0 Å². The van der Waals surface area contributed by atoms with Gasteiger partial charge < -0.3 is 15.0 Å². The zero-order chi connectivity index (χ0) is 21.0. The van der Waals surface area contributed by atoms with Crippen molar-refractivity contribution in [3.63, 3.8) is 0 Å². The highest BCUT2D eigenvalue weighted by atomic mass is 19.1. The van der Waals surface area contributed by atoms with E-state index in [1.165, 1.54) is 11.0 Å². The van der Waals surface area contributed by atoms with Gasteiger partial charge in [0.1, 0.15) is 17.3 Å². The number of halogens is 2. The summed E-state index contributed by atoms with van der Waals surface area (Å²) in [5.74, 6) is -4.39. The second-order valence-electron chi connectivity index (χ2n) is 6.68. The lowest BCUT2D eigenvalue weighted by molar-refractivity contribution is -0.151. The van der Waals surface area contributed by atoms with E-state index in [1.54, 1.807) is 0 Å². The fraction of sp³-hybridized carbons (Fsp3) is 0.286. The molecule has 1 atom stereocenters. The van der Waals surface area contributed by atoms with Gasteiger partial charge in [-0.3, -0.25) is 14.4 Å². The van der Waals surface area contributed by atoms with Crippen LogP contribution in [0.4, 0.5) is 20.2 Å².